The predicted octanol–water partition coefficient (Wildman–Crippen LogP) is 3.87. The molecule has 0 fully saturated rings. The van der Waals surface area contributed by atoms with E-state index < -0.39 is 24.0 Å². The molecule has 1 heterocycles. The van der Waals surface area contributed by atoms with Crippen molar-refractivity contribution >= 4 is 23.3 Å². The Labute approximate surface area is 188 Å². The minimum atomic E-state index is -1.10. The van der Waals surface area contributed by atoms with Crippen LogP contribution in [0.3, 0.4) is 0 Å². The first-order valence-corrected chi connectivity index (χ1v) is 10.6. The van der Waals surface area contributed by atoms with E-state index in [-0.39, 0.29) is 6.61 Å². The van der Waals surface area contributed by atoms with Crippen molar-refractivity contribution < 1.29 is 19.7 Å². The van der Waals surface area contributed by atoms with Crippen LogP contribution in [-0.4, -0.2) is 40.4 Å². The summed E-state index contributed by atoms with van der Waals surface area (Å²) in [5, 5.41) is 23.4. The Balaban J connectivity index is 2.10. The molecular weight excluding hydrogens is 406 g/mol. The Morgan fingerprint density at radius 1 is 1.22 bits per heavy atom. The van der Waals surface area contributed by atoms with Gasteiger partial charge in [0.25, 0.3) is 0 Å². The Morgan fingerprint density at radius 2 is 1.94 bits per heavy atom. The number of fused-ring (bicyclic) bond motifs is 1. The maximum absolute atomic E-state index is 12.5. The number of amidine groups is 1. The molecule has 0 aliphatic carbocycles. The van der Waals surface area contributed by atoms with Crippen molar-refractivity contribution in [1.29, 1.82) is 0 Å². The monoisotopic (exact) mass is 435 g/mol. The quantitative estimate of drug-likeness (QED) is 0.634. The third-order valence-corrected chi connectivity index (χ3v) is 4.79. The minimum Gasteiger partial charge on any atom is -0.438 e. The van der Waals surface area contributed by atoms with Crippen LogP contribution in [0.1, 0.15) is 51.5 Å². The van der Waals surface area contributed by atoms with Gasteiger partial charge in [-0.15, -0.1) is 0 Å². The lowest BCUT2D eigenvalue weighted by molar-refractivity contribution is 0.113. The smallest absolute Gasteiger partial charge is 0.408 e. The Morgan fingerprint density at radius 3 is 2.56 bits per heavy atom. The van der Waals surface area contributed by atoms with Gasteiger partial charge >= 0.3 is 6.09 Å². The summed E-state index contributed by atoms with van der Waals surface area (Å²) in [4.78, 5) is 19.0. The van der Waals surface area contributed by atoms with Crippen LogP contribution in [0, 0.1) is 11.8 Å². The van der Waals surface area contributed by atoms with E-state index in [1.807, 2.05) is 58.0 Å². The van der Waals surface area contributed by atoms with E-state index in [1.54, 1.807) is 23.1 Å². The molecule has 0 unspecified atom stereocenters. The van der Waals surface area contributed by atoms with E-state index in [2.05, 4.69) is 17.2 Å². The minimum absolute atomic E-state index is 0.286. The SMILES string of the molecule is CC[C@H](OC(=O)NC(C)(C)C)C1=Nc2cccc(C#CCO)c2[C@H](O)N1c1ccccc1. The number of benzene rings is 2. The highest BCUT2D eigenvalue weighted by molar-refractivity contribution is 6.05. The molecule has 32 heavy (non-hydrogen) atoms. The summed E-state index contributed by atoms with van der Waals surface area (Å²) in [6.45, 7) is 7.23. The van der Waals surface area contributed by atoms with E-state index in [0.717, 1.165) is 0 Å². The molecule has 0 radical (unpaired) electrons. The number of nitrogens with zero attached hydrogens (tertiary/aromatic N) is 2. The Kier molecular flexibility index (Phi) is 7.18. The van der Waals surface area contributed by atoms with Crippen LogP contribution in [0.4, 0.5) is 16.2 Å². The van der Waals surface area contributed by atoms with Crippen molar-refractivity contribution in [2.45, 2.75) is 52.0 Å². The molecule has 0 spiro atoms. The van der Waals surface area contributed by atoms with Gasteiger partial charge in [0, 0.05) is 22.4 Å². The normalized spacial score (nSPS) is 16.2. The second-order valence-corrected chi connectivity index (χ2v) is 8.42. The average molecular weight is 436 g/mol. The van der Waals surface area contributed by atoms with Crippen LogP contribution in [0.2, 0.25) is 0 Å². The van der Waals surface area contributed by atoms with E-state index in [1.165, 1.54) is 0 Å². The summed E-state index contributed by atoms with van der Waals surface area (Å²) in [6.07, 6.45) is -1.88. The number of hydrogen-bond acceptors (Lipinski definition) is 6. The van der Waals surface area contributed by atoms with Gasteiger partial charge in [-0.2, -0.15) is 0 Å². The molecular formula is C25H29N3O4. The summed E-state index contributed by atoms with van der Waals surface area (Å²) >= 11 is 0. The highest BCUT2D eigenvalue weighted by Gasteiger charge is 2.36. The largest absolute Gasteiger partial charge is 0.438 e. The first-order valence-electron chi connectivity index (χ1n) is 10.6. The van der Waals surface area contributed by atoms with Crippen molar-refractivity contribution in [3.8, 4) is 11.8 Å². The van der Waals surface area contributed by atoms with Gasteiger partial charge in [-0.25, -0.2) is 9.79 Å². The molecule has 7 heteroatoms. The number of amides is 1. The average Bonchev–Trinajstić information content (AvgIpc) is 2.75. The lowest BCUT2D eigenvalue weighted by Crippen LogP contribution is -2.48. The van der Waals surface area contributed by atoms with E-state index in [0.29, 0.717) is 34.8 Å². The van der Waals surface area contributed by atoms with Crippen LogP contribution in [0.5, 0.6) is 0 Å². The first kappa shape index (κ1) is 23.3. The summed E-state index contributed by atoms with van der Waals surface area (Å²) in [6, 6.07) is 14.7. The van der Waals surface area contributed by atoms with Crippen LogP contribution in [0.25, 0.3) is 0 Å². The van der Waals surface area contributed by atoms with E-state index >= 15 is 0 Å². The molecule has 168 valence electrons. The number of hydrogen-bond donors (Lipinski definition) is 3. The maximum atomic E-state index is 12.5. The van der Waals surface area contributed by atoms with Gasteiger partial charge in [0.15, 0.2) is 18.2 Å². The number of aliphatic imine (C=N–C) groups is 1. The highest BCUT2D eigenvalue weighted by Crippen LogP contribution is 2.39. The van der Waals surface area contributed by atoms with Crippen LogP contribution in [0.15, 0.2) is 53.5 Å². The van der Waals surface area contributed by atoms with Crippen molar-refractivity contribution in [3.63, 3.8) is 0 Å². The zero-order valence-corrected chi connectivity index (χ0v) is 18.8. The number of ether oxygens (including phenoxy) is 1. The van der Waals surface area contributed by atoms with Gasteiger partial charge < -0.3 is 20.3 Å². The number of carbonyl (C=O) groups is 1. The number of anilines is 1. The third kappa shape index (κ3) is 5.28. The summed E-state index contributed by atoms with van der Waals surface area (Å²) < 4.78 is 5.73. The number of nitrogens with one attached hydrogen (secondary N) is 1. The van der Waals surface area contributed by atoms with E-state index in [9.17, 15) is 9.90 Å². The second-order valence-electron chi connectivity index (χ2n) is 8.42. The van der Waals surface area contributed by atoms with Gasteiger partial charge in [0.1, 0.15) is 6.61 Å². The standard InChI is InChI=1S/C25H29N3O4/c1-5-20(32-24(31)27-25(2,3)4)22-26-19-15-9-11-17(12-10-16-29)21(19)23(30)28(22)18-13-7-6-8-14-18/h6-9,11,13-15,20,23,29-30H,5,16H2,1-4H3,(H,27,31)/t20-,23-/m0/s1. The number of para-hydroxylation sites is 1. The molecule has 1 amide bonds. The molecule has 0 saturated heterocycles. The lowest BCUT2D eigenvalue weighted by Gasteiger charge is -2.38. The van der Waals surface area contributed by atoms with E-state index in [4.69, 9.17) is 14.8 Å². The second kappa shape index (κ2) is 9.86. The van der Waals surface area contributed by atoms with Crippen LogP contribution < -0.4 is 10.2 Å². The number of alkyl carbamates (subject to hydrolysis) is 1. The third-order valence-electron chi connectivity index (χ3n) is 4.79. The van der Waals surface area contributed by atoms with Gasteiger partial charge in [0.2, 0.25) is 0 Å². The van der Waals surface area contributed by atoms with Crippen LogP contribution >= 0.6 is 0 Å². The number of aliphatic hydroxyl groups is 2. The van der Waals surface area contributed by atoms with Gasteiger partial charge in [-0.3, -0.25) is 4.90 Å². The molecule has 7 nitrogen and oxygen atoms in total. The predicted molar refractivity (Wildman–Crippen MR) is 125 cm³/mol. The fourth-order valence-corrected chi connectivity index (χ4v) is 3.47. The molecule has 1 aliphatic rings. The fourth-order valence-electron chi connectivity index (χ4n) is 3.47. The van der Waals surface area contributed by atoms with Crippen molar-refractivity contribution in [3.05, 3.63) is 59.7 Å². The zero-order chi connectivity index (χ0) is 23.3. The molecule has 0 aromatic heterocycles. The van der Waals surface area contributed by atoms with Crippen molar-refractivity contribution in [1.82, 2.24) is 5.32 Å². The van der Waals surface area contributed by atoms with Gasteiger partial charge in [0.05, 0.1) is 5.69 Å². The molecule has 2 aromatic carbocycles. The summed E-state index contributed by atoms with van der Waals surface area (Å²) in [5.74, 6) is 5.95. The first-order chi connectivity index (χ1) is 15.2. The Bertz CT molecular complexity index is 1050. The van der Waals surface area contributed by atoms with Gasteiger partial charge in [-0.1, -0.05) is 43.0 Å². The molecule has 1 aliphatic heterocycles. The zero-order valence-electron chi connectivity index (χ0n) is 18.8. The van der Waals surface area contributed by atoms with Gasteiger partial charge in [-0.05, 0) is 51.5 Å². The lowest BCUT2D eigenvalue weighted by atomic mass is 9.99. The molecule has 3 N–H and O–H groups in total. The molecule has 2 atom stereocenters. The topological polar surface area (TPSA) is 94.4 Å². The molecule has 3 rings (SSSR count). The highest BCUT2D eigenvalue weighted by atomic mass is 16.6. The fraction of sp³-hybridized carbons (Fsp3) is 0.360. The molecule has 0 bridgehead atoms. The number of aliphatic hydroxyl groups excluding tert-OH is 2. The summed E-state index contributed by atoms with van der Waals surface area (Å²) in [5.41, 5.74) is 1.91. The van der Waals surface area contributed by atoms with Crippen LogP contribution in [-0.2, 0) is 4.74 Å². The molecule has 0 saturated carbocycles. The maximum Gasteiger partial charge on any atom is 0.408 e. The molecule has 2 aromatic rings. The van der Waals surface area contributed by atoms with Crippen molar-refractivity contribution in [2.75, 3.05) is 11.5 Å². The number of rotatable bonds is 4. The summed E-state index contributed by atoms with van der Waals surface area (Å²) in [7, 11) is 0. The van der Waals surface area contributed by atoms with Crippen molar-refractivity contribution in [2.24, 2.45) is 4.99 Å². The Hall–Kier alpha value is -3.34. The number of carbonyl (C=O) groups excluding carboxylic acids is 1.